The highest BCUT2D eigenvalue weighted by Crippen LogP contribution is 2.12. The zero-order valence-electron chi connectivity index (χ0n) is 10.7. The maximum absolute atomic E-state index is 11.2. The number of rotatable bonds is 5. The fourth-order valence-corrected chi connectivity index (χ4v) is 1.36. The molecule has 4 heteroatoms. The van der Waals surface area contributed by atoms with Crippen LogP contribution in [-0.4, -0.2) is 18.4 Å². The molecule has 0 radical (unpaired) electrons. The Morgan fingerprint density at radius 3 is 2.33 bits per heavy atom. The minimum atomic E-state index is -0.337. The number of carbonyl (C=O) groups is 2. The Balaban J connectivity index is 2.42. The van der Waals surface area contributed by atoms with Gasteiger partial charge in [-0.25, -0.2) is 0 Å². The van der Waals surface area contributed by atoms with E-state index in [0.717, 1.165) is 12.0 Å². The summed E-state index contributed by atoms with van der Waals surface area (Å²) >= 11 is 0. The van der Waals surface area contributed by atoms with Crippen molar-refractivity contribution in [2.24, 2.45) is 0 Å². The predicted molar refractivity (Wildman–Crippen MR) is 69.3 cm³/mol. The van der Waals surface area contributed by atoms with Gasteiger partial charge in [0.15, 0.2) is 0 Å². The van der Waals surface area contributed by atoms with E-state index in [9.17, 15) is 9.59 Å². The molecule has 0 atom stereocenters. The molecule has 4 nitrogen and oxygen atoms in total. The van der Waals surface area contributed by atoms with Gasteiger partial charge in [0.2, 0.25) is 5.91 Å². The van der Waals surface area contributed by atoms with E-state index in [0.29, 0.717) is 17.9 Å². The Labute approximate surface area is 107 Å². The molecule has 96 valence electrons. The van der Waals surface area contributed by atoms with Crippen LogP contribution in [0.25, 0.3) is 0 Å². The van der Waals surface area contributed by atoms with Gasteiger partial charge in [-0.1, -0.05) is 18.7 Å². The van der Waals surface area contributed by atoms with Crippen LogP contribution in [0.5, 0.6) is 5.75 Å². The van der Waals surface area contributed by atoms with Crippen molar-refractivity contribution < 1.29 is 14.3 Å². The summed E-state index contributed by atoms with van der Waals surface area (Å²) in [6.45, 7) is 7.15. The molecular formula is C14H17NO3. The van der Waals surface area contributed by atoms with Crippen molar-refractivity contribution in [2.75, 3.05) is 6.54 Å². The largest absolute Gasteiger partial charge is 0.427 e. The molecule has 0 spiro atoms. The van der Waals surface area contributed by atoms with Crippen molar-refractivity contribution >= 4 is 11.9 Å². The van der Waals surface area contributed by atoms with Crippen molar-refractivity contribution in [3.8, 4) is 5.75 Å². The average Bonchev–Trinajstić information content (AvgIpc) is 2.30. The topological polar surface area (TPSA) is 55.4 Å². The summed E-state index contributed by atoms with van der Waals surface area (Å²) in [7, 11) is 0. The lowest BCUT2D eigenvalue weighted by atomic mass is 10.1. The highest BCUT2D eigenvalue weighted by atomic mass is 16.5. The SMILES string of the molecule is C=C(C)C(=O)NCCc1ccc(OC(C)=O)cc1. The molecule has 0 aliphatic heterocycles. The average molecular weight is 247 g/mol. The molecule has 1 aromatic rings. The summed E-state index contributed by atoms with van der Waals surface area (Å²) in [5.74, 6) is 0.0558. The molecule has 0 bridgehead atoms. The Morgan fingerprint density at radius 1 is 1.22 bits per heavy atom. The van der Waals surface area contributed by atoms with E-state index in [4.69, 9.17) is 4.74 Å². The summed E-state index contributed by atoms with van der Waals surface area (Å²) in [5.41, 5.74) is 1.56. The summed E-state index contributed by atoms with van der Waals surface area (Å²) in [5, 5.41) is 2.75. The van der Waals surface area contributed by atoms with Crippen LogP contribution in [0.15, 0.2) is 36.4 Å². The Morgan fingerprint density at radius 2 is 1.83 bits per heavy atom. The van der Waals surface area contributed by atoms with Crippen LogP contribution in [-0.2, 0) is 16.0 Å². The van der Waals surface area contributed by atoms with Crippen LogP contribution in [0.2, 0.25) is 0 Å². The van der Waals surface area contributed by atoms with E-state index in [1.54, 1.807) is 19.1 Å². The van der Waals surface area contributed by atoms with Gasteiger partial charge < -0.3 is 10.1 Å². The van der Waals surface area contributed by atoms with Gasteiger partial charge in [-0.05, 0) is 31.0 Å². The fraction of sp³-hybridized carbons (Fsp3) is 0.286. The van der Waals surface area contributed by atoms with Gasteiger partial charge in [-0.3, -0.25) is 9.59 Å². The van der Waals surface area contributed by atoms with Gasteiger partial charge >= 0.3 is 5.97 Å². The zero-order valence-corrected chi connectivity index (χ0v) is 10.7. The first-order valence-electron chi connectivity index (χ1n) is 5.70. The first-order valence-corrected chi connectivity index (χ1v) is 5.70. The van der Waals surface area contributed by atoms with Gasteiger partial charge in [0.25, 0.3) is 0 Å². The standard InChI is InChI=1S/C14H17NO3/c1-10(2)14(17)15-9-8-12-4-6-13(7-5-12)18-11(3)16/h4-7H,1,8-9H2,2-3H3,(H,15,17). The van der Waals surface area contributed by atoms with E-state index >= 15 is 0 Å². The normalized spacial score (nSPS) is 9.67. The van der Waals surface area contributed by atoms with Gasteiger partial charge in [0, 0.05) is 19.0 Å². The number of nitrogens with one attached hydrogen (secondary N) is 1. The molecule has 0 aliphatic carbocycles. The molecule has 1 N–H and O–H groups in total. The third-order valence-electron chi connectivity index (χ3n) is 2.27. The number of amides is 1. The zero-order chi connectivity index (χ0) is 13.5. The van der Waals surface area contributed by atoms with Gasteiger partial charge in [-0.2, -0.15) is 0 Å². The maximum atomic E-state index is 11.2. The van der Waals surface area contributed by atoms with Crippen molar-refractivity contribution in [1.29, 1.82) is 0 Å². The van der Waals surface area contributed by atoms with Crippen molar-refractivity contribution in [3.05, 3.63) is 42.0 Å². The quantitative estimate of drug-likeness (QED) is 0.491. The van der Waals surface area contributed by atoms with Crippen LogP contribution in [0, 0.1) is 0 Å². The molecule has 1 rings (SSSR count). The van der Waals surface area contributed by atoms with Crippen LogP contribution in [0.1, 0.15) is 19.4 Å². The third-order valence-corrected chi connectivity index (χ3v) is 2.27. The van der Waals surface area contributed by atoms with E-state index in [1.807, 2.05) is 12.1 Å². The summed E-state index contributed by atoms with van der Waals surface area (Å²) in [6.07, 6.45) is 0.722. The van der Waals surface area contributed by atoms with Gasteiger partial charge in [0.1, 0.15) is 5.75 Å². The summed E-state index contributed by atoms with van der Waals surface area (Å²) in [6, 6.07) is 7.20. The van der Waals surface area contributed by atoms with E-state index in [-0.39, 0.29) is 11.9 Å². The van der Waals surface area contributed by atoms with E-state index in [2.05, 4.69) is 11.9 Å². The van der Waals surface area contributed by atoms with Crippen molar-refractivity contribution in [1.82, 2.24) is 5.32 Å². The van der Waals surface area contributed by atoms with Crippen LogP contribution >= 0.6 is 0 Å². The molecule has 0 saturated heterocycles. The van der Waals surface area contributed by atoms with E-state index < -0.39 is 0 Å². The molecule has 0 heterocycles. The second kappa shape index (κ2) is 6.59. The molecule has 1 aromatic carbocycles. The molecule has 0 saturated carbocycles. The molecule has 1 amide bonds. The lowest BCUT2D eigenvalue weighted by Gasteiger charge is -2.06. The minimum Gasteiger partial charge on any atom is -0.427 e. The molecule has 0 aromatic heterocycles. The number of carbonyl (C=O) groups excluding carboxylic acids is 2. The lowest BCUT2D eigenvalue weighted by Crippen LogP contribution is -2.25. The van der Waals surface area contributed by atoms with Crippen LogP contribution in [0.4, 0.5) is 0 Å². The fourth-order valence-electron chi connectivity index (χ4n) is 1.36. The predicted octanol–water partition coefficient (Wildman–Crippen LogP) is 1.85. The highest BCUT2D eigenvalue weighted by Gasteiger charge is 2.01. The van der Waals surface area contributed by atoms with Gasteiger partial charge in [-0.15, -0.1) is 0 Å². The van der Waals surface area contributed by atoms with Crippen LogP contribution < -0.4 is 10.1 Å². The molecular weight excluding hydrogens is 230 g/mol. The van der Waals surface area contributed by atoms with Gasteiger partial charge in [0.05, 0.1) is 0 Å². The molecule has 18 heavy (non-hydrogen) atoms. The summed E-state index contributed by atoms with van der Waals surface area (Å²) < 4.78 is 4.92. The third kappa shape index (κ3) is 4.82. The number of benzene rings is 1. The lowest BCUT2D eigenvalue weighted by molar-refractivity contribution is -0.131. The maximum Gasteiger partial charge on any atom is 0.308 e. The number of esters is 1. The van der Waals surface area contributed by atoms with E-state index in [1.165, 1.54) is 6.92 Å². The number of hydrogen-bond donors (Lipinski definition) is 1. The first kappa shape index (κ1) is 14.0. The van der Waals surface area contributed by atoms with Crippen molar-refractivity contribution in [3.63, 3.8) is 0 Å². The molecule has 0 unspecified atom stereocenters. The molecule has 0 fully saturated rings. The molecule has 0 aliphatic rings. The Hall–Kier alpha value is -2.10. The Bertz CT molecular complexity index is 449. The van der Waals surface area contributed by atoms with Crippen LogP contribution in [0.3, 0.4) is 0 Å². The Kier molecular flexibility index (Phi) is 5.11. The second-order valence-corrected chi connectivity index (χ2v) is 4.02. The first-order chi connectivity index (χ1) is 8.49. The number of hydrogen-bond acceptors (Lipinski definition) is 3. The minimum absolute atomic E-state index is 0.133. The highest BCUT2D eigenvalue weighted by molar-refractivity contribution is 5.92. The van der Waals surface area contributed by atoms with Crippen molar-refractivity contribution in [2.45, 2.75) is 20.3 Å². The monoisotopic (exact) mass is 247 g/mol. The number of ether oxygens (including phenoxy) is 1. The smallest absolute Gasteiger partial charge is 0.308 e. The summed E-state index contributed by atoms with van der Waals surface area (Å²) in [4.78, 5) is 22.0. The second-order valence-electron chi connectivity index (χ2n) is 4.02.